The lowest BCUT2D eigenvalue weighted by molar-refractivity contribution is -0.137. The number of anilines is 2. The van der Waals surface area contributed by atoms with Gasteiger partial charge in [-0.1, -0.05) is 66.7 Å². The SMILES string of the molecule is O=C1[C@H]2[C@@H](ON(c3ccccc3)[C@H]2c2cccc3ccccc23)C(=O)N1c1cccc(C(F)(F)F)c1. The number of alkyl halides is 3. The predicted octanol–water partition coefficient (Wildman–Crippen LogP) is 5.91. The molecule has 3 atom stereocenters. The molecule has 6 rings (SSSR count). The molecule has 0 spiro atoms. The molecule has 8 heteroatoms. The molecule has 0 bridgehead atoms. The predicted molar refractivity (Wildman–Crippen MR) is 128 cm³/mol. The van der Waals surface area contributed by atoms with Crippen LogP contribution in [-0.4, -0.2) is 17.9 Å². The molecule has 5 nitrogen and oxygen atoms in total. The Hall–Kier alpha value is -4.17. The summed E-state index contributed by atoms with van der Waals surface area (Å²) in [6.07, 6.45) is -5.78. The van der Waals surface area contributed by atoms with Crippen LogP contribution in [0.5, 0.6) is 0 Å². The highest BCUT2D eigenvalue weighted by Gasteiger charge is 2.60. The molecule has 4 aromatic carbocycles. The van der Waals surface area contributed by atoms with E-state index in [1.54, 1.807) is 5.06 Å². The van der Waals surface area contributed by atoms with E-state index in [1.165, 1.54) is 12.1 Å². The van der Waals surface area contributed by atoms with Crippen molar-refractivity contribution in [3.05, 3.63) is 108 Å². The molecule has 2 amide bonds. The first-order valence-corrected chi connectivity index (χ1v) is 11.4. The average Bonchev–Trinajstić information content (AvgIpc) is 3.39. The lowest BCUT2D eigenvalue weighted by atomic mass is 9.87. The van der Waals surface area contributed by atoms with E-state index < -0.39 is 41.6 Å². The molecule has 36 heavy (non-hydrogen) atoms. The number of rotatable bonds is 3. The highest BCUT2D eigenvalue weighted by Crippen LogP contribution is 2.49. The lowest BCUT2D eigenvalue weighted by Crippen LogP contribution is -2.37. The van der Waals surface area contributed by atoms with Crippen molar-refractivity contribution in [2.45, 2.75) is 18.3 Å². The summed E-state index contributed by atoms with van der Waals surface area (Å²) in [6, 6.07) is 26.1. The van der Waals surface area contributed by atoms with Gasteiger partial charge in [0.25, 0.3) is 5.91 Å². The molecule has 4 aromatic rings. The van der Waals surface area contributed by atoms with Gasteiger partial charge in [-0.25, -0.2) is 9.96 Å². The van der Waals surface area contributed by atoms with Crippen LogP contribution < -0.4 is 9.96 Å². The van der Waals surface area contributed by atoms with E-state index in [9.17, 15) is 22.8 Å². The summed E-state index contributed by atoms with van der Waals surface area (Å²) in [4.78, 5) is 34.2. The van der Waals surface area contributed by atoms with Crippen molar-refractivity contribution in [3.8, 4) is 0 Å². The van der Waals surface area contributed by atoms with Crippen LogP contribution in [0.25, 0.3) is 10.8 Å². The van der Waals surface area contributed by atoms with Gasteiger partial charge in [-0.15, -0.1) is 0 Å². The Balaban J connectivity index is 1.48. The highest BCUT2D eigenvalue weighted by molar-refractivity contribution is 6.24. The maximum atomic E-state index is 13.8. The fourth-order valence-electron chi connectivity index (χ4n) is 5.11. The van der Waals surface area contributed by atoms with Crippen LogP contribution in [0, 0.1) is 5.92 Å². The lowest BCUT2D eigenvalue weighted by Gasteiger charge is -2.29. The third kappa shape index (κ3) is 3.45. The number of hydrogen-bond donors (Lipinski definition) is 0. The van der Waals surface area contributed by atoms with E-state index >= 15 is 0 Å². The first kappa shape index (κ1) is 22.3. The van der Waals surface area contributed by atoms with Crippen LogP contribution in [-0.2, 0) is 20.6 Å². The van der Waals surface area contributed by atoms with Crippen molar-refractivity contribution in [3.63, 3.8) is 0 Å². The number of hydroxylamine groups is 1. The minimum absolute atomic E-state index is 0.124. The Morgan fingerprint density at radius 1 is 0.722 bits per heavy atom. The number of carbonyl (C=O) groups excluding carboxylic acids is 2. The number of para-hydroxylation sites is 1. The van der Waals surface area contributed by atoms with Gasteiger partial charge in [0.1, 0.15) is 5.92 Å². The number of benzene rings is 4. The topological polar surface area (TPSA) is 49.9 Å². The van der Waals surface area contributed by atoms with Gasteiger partial charge in [-0.2, -0.15) is 13.2 Å². The number of carbonyl (C=O) groups is 2. The highest BCUT2D eigenvalue weighted by atomic mass is 19.4. The van der Waals surface area contributed by atoms with Crippen molar-refractivity contribution >= 4 is 34.0 Å². The molecule has 180 valence electrons. The summed E-state index contributed by atoms with van der Waals surface area (Å²) < 4.78 is 40.0. The van der Waals surface area contributed by atoms with Crippen LogP contribution >= 0.6 is 0 Å². The second-order valence-corrected chi connectivity index (χ2v) is 8.79. The fourth-order valence-corrected chi connectivity index (χ4v) is 5.11. The van der Waals surface area contributed by atoms with E-state index in [2.05, 4.69) is 0 Å². The van der Waals surface area contributed by atoms with Crippen molar-refractivity contribution in [2.24, 2.45) is 5.92 Å². The molecule has 2 fully saturated rings. The van der Waals surface area contributed by atoms with Gasteiger partial charge >= 0.3 is 6.18 Å². The monoisotopic (exact) mass is 488 g/mol. The molecule has 2 heterocycles. The second-order valence-electron chi connectivity index (χ2n) is 8.79. The zero-order valence-corrected chi connectivity index (χ0v) is 18.7. The number of fused-ring (bicyclic) bond motifs is 2. The van der Waals surface area contributed by atoms with Crippen molar-refractivity contribution in [1.82, 2.24) is 0 Å². The molecule has 0 N–H and O–H groups in total. The fraction of sp³-hybridized carbons (Fsp3) is 0.143. The summed E-state index contributed by atoms with van der Waals surface area (Å²) in [6.45, 7) is 0. The molecule has 2 saturated heterocycles. The van der Waals surface area contributed by atoms with Crippen molar-refractivity contribution < 1.29 is 27.6 Å². The minimum Gasteiger partial charge on any atom is -0.273 e. The van der Waals surface area contributed by atoms with Crippen molar-refractivity contribution in [1.29, 1.82) is 0 Å². The average molecular weight is 488 g/mol. The number of amides is 2. The first-order chi connectivity index (χ1) is 17.3. The summed E-state index contributed by atoms with van der Waals surface area (Å²) in [5, 5.41) is 3.43. The summed E-state index contributed by atoms with van der Waals surface area (Å²) in [7, 11) is 0. The van der Waals surface area contributed by atoms with Crippen LogP contribution in [0.1, 0.15) is 17.2 Å². The Kier molecular flexibility index (Phi) is 5.08. The van der Waals surface area contributed by atoms with Crippen LogP contribution in [0.15, 0.2) is 97.1 Å². The van der Waals surface area contributed by atoms with Gasteiger partial charge in [0.15, 0.2) is 6.10 Å². The van der Waals surface area contributed by atoms with Gasteiger partial charge in [-0.05, 0) is 46.7 Å². The largest absolute Gasteiger partial charge is 0.416 e. The van der Waals surface area contributed by atoms with Crippen LogP contribution in [0.4, 0.5) is 24.5 Å². The summed E-state index contributed by atoms with van der Waals surface area (Å²) in [5.41, 5.74) is 0.392. The number of imide groups is 1. The standard InChI is InChI=1S/C28H19F3N2O3/c29-28(30,31)18-10-7-13-20(16-18)32-26(34)23-24(22-15-6-9-17-8-4-5-14-21(17)22)33(36-25(23)27(32)35)19-11-2-1-3-12-19/h1-16,23-25H/t23-,24+,25-/m1/s1. The van der Waals surface area contributed by atoms with Crippen LogP contribution in [0.3, 0.4) is 0 Å². The summed E-state index contributed by atoms with van der Waals surface area (Å²) in [5.74, 6) is -2.23. The molecule has 2 aliphatic rings. The van der Waals surface area contributed by atoms with Crippen LogP contribution in [0.2, 0.25) is 0 Å². The molecular formula is C28H19F3N2O3. The Morgan fingerprint density at radius 2 is 1.39 bits per heavy atom. The molecule has 0 unspecified atom stereocenters. The molecule has 2 aliphatic heterocycles. The maximum Gasteiger partial charge on any atom is 0.416 e. The van der Waals surface area contributed by atoms with Crippen molar-refractivity contribution in [2.75, 3.05) is 9.96 Å². The quantitative estimate of drug-likeness (QED) is 0.337. The molecule has 0 aliphatic carbocycles. The number of halogens is 3. The van der Waals surface area contributed by atoms with E-state index in [4.69, 9.17) is 4.84 Å². The third-order valence-electron chi connectivity index (χ3n) is 6.70. The minimum atomic E-state index is -4.61. The van der Waals surface area contributed by atoms with E-state index in [-0.39, 0.29) is 5.69 Å². The Bertz CT molecular complexity index is 1480. The Morgan fingerprint density at radius 3 is 2.17 bits per heavy atom. The molecular weight excluding hydrogens is 469 g/mol. The van der Waals surface area contributed by atoms with Gasteiger partial charge < -0.3 is 0 Å². The van der Waals surface area contributed by atoms with E-state index in [1.807, 2.05) is 72.8 Å². The molecule has 0 aromatic heterocycles. The summed E-state index contributed by atoms with van der Waals surface area (Å²) >= 11 is 0. The van der Waals surface area contributed by atoms with Gasteiger partial charge in [-0.3, -0.25) is 14.4 Å². The van der Waals surface area contributed by atoms with Gasteiger partial charge in [0.05, 0.1) is 23.0 Å². The third-order valence-corrected chi connectivity index (χ3v) is 6.70. The normalized spacial score (nSPS) is 21.9. The maximum absolute atomic E-state index is 13.8. The molecule has 0 saturated carbocycles. The second kappa shape index (κ2) is 8.20. The van der Waals surface area contributed by atoms with Gasteiger partial charge in [0.2, 0.25) is 5.91 Å². The molecule has 0 radical (unpaired) electrons. The van der Waals surface area contributed by atoms with E-state index in [0.717, 1.165) is 33.4 Å². The Labute approximate surface area is 204 Å². The number of hydrogen-bond acceptors (Lipinski definition) is 4. The number of nitrogens with zero attached hydrogens (tertiary/aromatic N) is 2. The smallest absolute Gasteiger partial charge is 0.273 e. The van der Waals surface area contributed by atoms with E-state index in [0.29, 0.717) is 5.69 Å². The van der Waals surface area contributed by atoms with Gasteiger partial charge in [0, 0.05) is 0 Å². The zero-order chi connectivity index (χ0) is 25.0. The first-order valence-electron chi connectivity index (χ1n) is 11.4. The zero-order valence-electron chi connectivity index (χ0n) is 18.7.